The molecule has 0 unspecified atom stereocenters. The number of amides is 1. The van der Waals surface area contributed by atoms with E-state index in [0.29, 0.717) is 5.75 Å². The molecular formula is C19H19N3O2. The summed E-state index contributed by atoms with van der Waals surface area (Å²) in [5, 5.41) is 11.3. The molecule has 0 saturated heterocycles. The summed E-state index contributed by atoms with van der Waals surface area (Å²) < 4.78 is 5.18. The summed E-state index contributed by atoms with van der Waals surface area (Å²) in [6.07, 6.45) is 3.19. The molecule has 0 saturated carbocycles. The average Bonchev–Trinajstić information content (AvgIpc) is 2.55. The first-order valence-electron chi connectivity index (χ1n) is 7.53. The predicted molar refractivity (Wildman–Crippen MR) is 93.7 cm³/mol. The highest BCUT2D eigenvalue weighted by molar-refractivity contribution is 6.02. The number of benzene rings is 1. The number of aryl methyl sites for hydroxylation is 3. The van der Waals surface area contributed by atoms with E-state index < -0.39 is 0 Å². The van der Waals surface area contributed by atoms with E-state index in [4.69, 9.17) is 10.00 Å². The first-order valence-corrected chi connectivity index (χ1v) is 7.53. The number of hydrogen-bond donors (Lipinski definition) is 1. The van der Waals surface area contributed by atoms with Crippen molar-refractivity contribution in [2.75, 3.05) is 11.9 Å². The van der Waals surface area contributed by atoms with Crippen molar-refractivity contribution in [3.8, 4) is 11.8 Å². The lowest BCUT2D eigenvalue weighted by Crippen LogP contribution is -2.11. The number of nitriles is 1. The Kier molecular flexibility index (Phi) is 5.69. The minimum absolute atomic E-state index is 0.0148. The van der Waals surface area contributed by atoms with Crippen molar-refractivity contribution >= 4 is 17.7 Å². The Labute approximate surface area is 141 Å². The lowest BCUT2D eigenvalue weighted by molar-refractivity contribution is -0.111. The summed E-state index contributed by atoms with van der Waals surface area (Å²) in [5.41, 5.74) is 4.33. The zero-order valence-electron chi connectivity index (χ0n) is 14.0. The van der Waals surface area contributed by atoms with E-state index in [2.05, 4.69) is 10.3 Å². The maximum atomic E-state index is 12.1. The van der Waals surface area contributed by atoms with Crippen LogP contribution >= 0.6 is 0 Å². The van der Waals surface area contributed by atoms with Gasteiger partial charge in [-0.15, -0.1) is 0 Å². The van der Waals surface area contributed by atoms with Gasteiger partial charge in [-0.3, -0.25) is 9.78 Å². The van der Waals surface area contributed by atoms with Gasteiger partial charge in [0.25, 0.3) is 0 Å². The second kappa shape index (κ2) is 7.93. The minimum Gasteiger partial charge on any atom is -0.479 e. The van der Waals surface area contributed by atoms with Crippen LogP contribution in [0, 0.1) is 32.1 Å². The molecule has 24 heavy (non-hydrogen) atoms. The molecule has 122 valence electrons. The van der Waals surface area contributed by atoms with Gasteiger partial charge in [-0.2, -0.15) is 5.26 Å². The molecule has 5 heteroatoms. The summed E-state index contributed by atoms with van der Waals surface area (Å²) in [7, 11) is 0. The van der Waals surface area contributed by atoms with E-state index in [1.54, 1.807) is 18.2 Å². The van der Waals surface area contributed by atoms with Crippen LogP contribution in [0.4, 0.5) is 5.69 Å². The highest BCUT2D eigenvalue weighted by atomic mass is 16.5. The summed E-state index contributed by atoms with van der Waals surface area (Å²) in [6, 6.07) is 11.0. The Morgan fingerprint density at radius 3 is 2.62 bits per heavy atom. The van der Waals surface area contributed by atoms with Crippen LogP contribution in [0.1, 0.15) is 22.5 Å². The van der Waals surface area contributed by atoms with Crippen LogP contribution in [0.2, 0.25) is 0 Å². The molecule has 1 N–H and O–H groups in total. The molecule has 0 aliphatic carbocycles. The predicted octanol–water partition coefficient (Wildman–Crippen LogP) is 3.56. The fourth-order valence-corrected chi connectivity index (χ4v) is 2.34. The zero-order chi connectivity index (χ0) is 17.5. The van der Waals surface area contributed by atoms with Gasteiger partial charge in [0.05, 0.1) is 11.4 Å². The van der Waals surface area contributed by atoms with Gasteiger partial charge in [0.2, 0.25) is 5.91 Å². The second-order valence-corrected chi connectivity index (χ2v) is 5.38. The van der Waals surface area contributed by atoms with Crippen LogP contribution in [0.25, 0.3) is 6.08 Å². The van der Waals surface area contributed by atoms with Crippen LogP contribution in [0.15, 0.2) is 36.4 Å². The molecule has 0 aliphatic rings. The molecule has 0 radical (unpaired) electrons. The van der Waals surface area contributed by atoms with Crippen LogP contribution in [-0.2, 0) is 4.79 Å². The number of nitrogens with zero attached hydrogens (tertiary/aromatic N) is 2. The molecule has 0 bridgehead atoms. The van der Waals surface area contributed by atoms with Gasteiger partial charge in [0.15, 0.2) is 6.61 Å². The molecule has 0 aliphatic heterocycles. The maximum absolute atomic E-state index is 12.1. The van der Waals surface area contributed by atoms with E-state index in [1.165, 1.54) is 6.08 Å². The lowest BCUT2D eigenvalue weighted by atomic mass is 10.1. The monoisotopic (exact) mass is 321 g/mol. The number of rotatable bonds is 5. The number of carbonyl (C=O) groups is 1. The number of ether oxygens (including phenoxy) is 1. The van der Waals surface area contributed by atoms with E-state index in [9.17, 15) is 4.79 Å². The normalized spacial score (nSPS) is 10.4. The van der Waals surface area contributed by atoms with Crippen LogP contribution in [-0.4, -0.2) is 17.5 Å². The van der Waals surface area contributed by atoms with Gasteiger partial charge in [0, 0.05) is 11.8 Å². The van der Waals surface area contributed by atoms with Gasteiger partial charge in [0.1, 0.15) is 11.8 Å². The Bertz CT molecular complexity index is 779. The number of carbonyl (C=O) groups excluding carboxylic acids is 1. The number of pyridine rings is 1. The van der Waals surface area contributed by atoms with Crippen molar-refractivity contribution in [1.82, 2.24) is 4.98 Å². The topological polar surface area (TPSA) is 75.0 Å². The van der Waals surface area contributed by atoms with Crippen LogP contribution in [0.3, 0.4) is 0 Å². The van der Waals surface area contributed by atoms with Gasteiger partial charge >= 0.3 is 0 Å². The largest absolute Gasteiger partial charge is 0.479 e. The van der Waals surface area contributed by atoms with Crippen molar-refractivity contribution in [3.05, 3.63) is 58.9 Å². The molecule has 0 fully saturated rings. The van der Waals surface area contributed by atoms with E-state index in [0.717, 1.165) is 28.2 Å². The molecule has 1 aromatic heterocycles. The molecule has 1 amide bonds. The first-order chi connectivity index (χ1) is 11.5. The van der Waals surface area contributed by atoms with Crippen molar-refractivity contribution in [3.63, 3.8) is 0 Å². The fraction of sp³-hybridized carbons (Fsp3) is 0.211. The quantitative estimate of drug-likeness (QED) is 0.854. The second-order valence-electron chi connectivity index (χ2n) is 5.38. The first kappa shape index (κ1) is 17.2. The SMILES string of the molecule is Cc1cc(C)c(NC(=O)/C=C/c2ccc(OCC#N)cc2)c(C)n1. The molecule has 0 atom stereocenters. The molecule has 1 aromatic carbocycles. The molecular weight excluding hydrogens is 302 g/mol. The highest BCUT2D eigenvalue weighted by Gasteiger charge is 2.07. The Morgan fingerprint density at radius 1 is 1.29 bits per heavy atom. The summed E-state index contributed by atoms with van der Waals surface area (Å²) >= 11 is 0. The Morgan fingerprint density at radius 2 is 2.00 bits per heavy atom. The number of nitrogens with one attached hydrogen (secondary N) is 1. The lowest BCUT2D eigenvalue weighted by Gasteiger charge is -2.10. The van der Waals surface area contributed by atoms with E-state index in [1.807, 2.05) is 45.0 Å². The Balaban J connectivity index is 2.02. The van der Waals surface area contributed by atoms with Gasteiger partial charge < -0.3 is 10.1 Å². The van der Waals surface area contributed by atoms with Crippen molar-refractivity contribution in [1.29, 1.82) is 5.26 Å². The molecule has 2 aromatic rings. The third-order valence-electron chi connectivity index (χ3n) is 3.38. The van der Waals surface area contributed by atoms with Crippen LogP contribution < -0.4 is 10.1 Å². The van der Waals surface area contributed by atoms with Gasteiger partial charge in [-0.1, -0.05) is 12.1 Å². The average molecular weight is 321 g/mol. The van der Waals surface area contributed by atoms with Crippen LogP contribution in [0.5, 0.6) is 5.75 Å². The molecule has 5 nitrogen and oxygen atoms in total. The van der Waals surface area contributed by atoms with E-state index in [-0.39, 0.29) is 12.5 Å². The number of anilines is 1. The molecule has 2 rings (SSSR count). The molecule has 1 heterocycles. The highest BCUT2D eigenvalue weighted by Crippen LogP contribution is 2.19. The summed E-state index contributed by atoms with van der Waals surface area (Å²) in [4.78, 5) is 16.5. The number of hydrogen-bond acceptors (Lipinski definition) is 4. The van der Waals surface area contributed by atoms with Crippen molar-refractivity contribution < 1.29 is 9.53 Å². The van der Waals surface area contributed by atoms with Crippen molar-refractivity contribution in [2.24, 2.45) is 0 Å². The summed E-state index contributed by atoms with van der Waals surface area (Å²) in [6.45, 7) is 5.76. The molecule has 0 spiro atoms. The smallest absolute Gasteiger partial charge is 0.248 e. The standard InChI is InChI=1S/C19H19N3O2/c1-13-12-14(2)21-15(3)19(13)22-18(23)9-6-16-4-7-17(8-5-16)24-11-10-20/h4-9,12H,11H2,1-3H3,(H,22,23)/b9-6+. The fourth-order valence-electron chi connectivity index (χ4n) is 2.34. The zero-order valence-corrected chi connectivity index (χ0v) is 14.0. The minimum atomic E-state index is -0.211. The van der Waals surface area contributed by atoms with E-state index >= 15 is 0 Å². The van der Waals surface area contributed by atoms with Gasteiger partial charge in [-0.25, -0.2) is 0 Å². The van der Waals surface area contributed by atoms with Crippen molar-refractivity contribution in [2.45, 2.75) is 20.8 Å². The third kappa shape index (κ3) is 4.68. The third-order valence-corrected chi connectivity index (χ3v) is 3.38. The number of aromatic nitrogens is 1. The Hall–Kier alpha value is -3.13. The maximum Gasteiger partial charge on any atom is 0.248 e. The summed E-state index contributed by atoms with van der Waals surface area (Å²) in [5.74, 6) is 0.409. The van der Waals surface area contributed by atoms with Gasteiger partial charge in [-0.05, 0) is 56.2 Å².